The van der Waals surface area contributed by atoms with E-state index in [1.54, 1.807) is 12.1 Å². The number of benzene rings is 2. The van der Waals surface area contributed by atoms with E-state index in [4.69, 9.17) is 30.5 Å². The van der Waals surface area contributed by atoms with Crippen LogP contribution in [0.3, 0.4) is 0 Å². The number of carbonyl (C=O) groups is 1. The molecule has 138 valence electrons. The summed E-state index contributed by atoms with van der Waals surface area (Å²) in [5, 5.41) is 3.29. The van der Waals surface area contributed by atoms with Crippen molar-refractivity contribution in [3.8, 4) is 23.0 Å². The molecule has 7 heteroatoms. The van der Waals surface area contributed by atoms with Crippen LogP contribution in [0.4, 0.5) is 5.69 Å². The first-order chi connectivity index (χ1) is 12.5. The first-order valence-corrected chi connectivity index (χ1v) is 8.50. The Labute approximate surface area is 157 Å². The van der Waals surface area contributed by atoms with Gasteiger partial charge in [-0.15, -0.1) is 0 Å². The smallest absolute Gasteiger partial charge is 0.231 e. The molecule has 0 aliphatic carbocycles. The largest absolute Gasteiger partial charge is 0.495 e. The van der Waals surface area contributed by atoms with Gasteiger partial charge in [0.2, 0.25) is 12.7 Å². The van der Waals surface area contributed by atoms with Gasteiger partial charge >= 0.3 is 0 Å². The van der Waals surface area contributed by atoms with Crippen molar-refractivity contribution in [1.29, 1.82) is 0 Å². The first kappa shape index (κ1) is 18.2. The van der Waals surface area contributed by atoms with Gasteiger partial charge in [-0.3, -0.25) is 4.79 Å². The number of hydrogen-bond donors (Lipinski definition) is 1. The number of hydrogen-bond acceptors (Lipinski definition) is 5. The molecule has 0 saturated heterocycles. The second-order valence-electron chi connectivity index (χ2n) is 5.97. The highest BCUT2D eigenvalue weighted by molar-refractivity contribution is 6.32. The van der Waals surface area contributed by atoms with E-state index in [1.165, 1.54) is 14.2 Å². The lowest BCUT2D eigenvalue weighted by atomic mass is 10.00. The minimum atomic E-state index is -0.262. The third-order valence-corrected chi connectivity index (χ3v) is 4.45. The molecule has 0 aromatic heterocycles. The zero-order chi connectivity index (χ0) is 18.7. The molecule has 6 nitrogen and oxygen atoms in total. The molecule has 0 saturated carbocycles. The Balaban J connectivity index is 1.71. The number of nitrogens with one attached hydrogen (secondary N) is 1. The summed E-state index contributed by atoms with van der Waals surface area (Å²) in [6.07, 6.45) is 0.565. The fourth-order valence-electron chi connectivity index (χ4n) is 2.73. The van der Waals surface area contributed by atoms with E-state index in [1.807, 2.05) is 25.1 Å². The van der Waals surface area contributed by atoms with E-state index in [0.717, 1.165) is 11.3 Å². The lowest BCUT2D eigenvalue weighted by Gasteiger charge is -2.16. The van der Waals surface area contributed by atoms with Gasteiger partial charge in [0.15, 0.2) is 11.5 Å². The quantitative estimate of drug-likeness (QED) is 0.826. The van der Waals surface area contributed by atoms with Gasteiger partial charge in [-0.2, -0.15) is 0 Å². The molecule has 1 unspecified atom stereocenters. The third-order valence-electron chi connectivity index (χ3n) is 4.16. The van der Waals surface area contributed by atoms with E-state index >= 15 is 0 Å². The van der Waals surface area contributed by atoms with Gasteiger partial charge in [0.1, 0.15) is 11.5 Å². The summed E-state index contributed by atoms with van der Waals surface area (Å²) in [6, 6.07) is 8.95. The van der Waals surface area contributed by atoms with Crippen molar-refractivity contribution in [3.63, 3.8) is 0 Å². The van der Waals surface area contributed by atoms with Gasteiger partial charge in [0, 0.05) is 18.1 Å². The molecule has 0 bridgehead atoms. The van der Waals surface area contributed by atoms with Crippen molar-refractivity contribution in [2.75, 3.05) is 26.3 Å². The van der Waals surface area contributed by atoms with Gasteiger partial charge in [0.05, 0.1) is 24.9 Å². The molecular weight excluding hydrogens is 358 g/mol. The maximum Gasteiger partial charge on any atom is 0.231 e. The third kappa shape index (κ3) is 3.80. The topological polar surface area (TPSA) is 66.0 Å². The number of halogens is 1. The van der Waals surface area contributed by atoms with Gasteiger partial charge in [-0.25, -0.2) is 0 Å². The lowest BCUT2D eigenvalue weighted by Crippen LogP contribution is -2.22. The summed E-state index contributed by atoms with van der Waals surface area (Å²) in [5.74, 6) is 1.97. The van der Waals surface area contributed by atoms with E-state index in [0.29, 0.717) is 34.4 Å². The van der Waals surface area contributed by atoms with Gasteiger partial charge in [-0.05, 0) is 24.1 Å². The number of rotatable bonds is 6. The van der Waals surface area contributed by atoms with Crippen molar-refractivity contribution in [2.45, 2.75) is 13.3 Å². The molecule has 2 aromatic rings. The van der Waals surface area contributed by atoms with Gasteiger partial charge < -0.3 is 24.3 Å². The van der Waals surface area contributed by atoms with Crippen LogP contribution in [-0.4, -0.2) is 26.9 Å². The molecule has 0 fully saturated rings. The molecule has 26 heavy (non-hydrogen) atoms. The van der Waals surface area contributed by atoms with E-state index in [9.17, 15) is 4.79 Å². The number of anilines is 1. The predicted octanol–water partition coefficient (Wildman–Crippen LogP) is 3.90. The Morgan fingerprint density at radius 3 is 2.62 bits per heavy atom. The van der Waals surface area contributed by atoms with Crippen molar-refractivity contribution in [3.05, 3.63) is 40.9 Å². The van der Waals surface area contributed by atoms with Crippen LogP contribution in [0.1, 0.15) is 12.5 Å². The van der Waals surface area contributed by atoms with Crippen LogP contribution >= 0.6 is 11.6 Å². The molecule has 0 spiro atoms. The number of carbonyl (C=O) groups excluding carboxylic acids is 1. The Morgan fingerprint density at radius 2 is 1.88 bits per heavy atom. The molecule has 2 aromatic carbocycles. The number of ether oxygens (including phenoxy) is 4. The van der Waals surface area contributed by atoms with Crippen LogP contribution in [0.25, 0.3) is 0 Å². The summed E-state index contributed by atoms with van der Waals surface area (Å²) < 4.78 is 21.2. The van der Waals surface area contributed by atoms with Crippen molar-refractivity contribution < 1.29 is 23.7 Å². The van der Waals surface area contributed by atoms with Crippen molar-refractivity contribution in [1.82, 2.24) is 0 Å². The fraction of sp³-hybridized carbons (Fsp3) is 0.316. The van der Waals surface area contributed by atoms with Crippen LogP contribution in [0.15, 0.2) is 30.3 Å². The molecule has 1 aliphatic heterocycles. The minimum Gasteiger partial charge on any atom is -0.495 e. The highest BCUT2D eigenvalue weighted by atomic mass is 35.5. The Morgan fingerprint density at radius 1 is 1.15 bits per heavy atom. The van der Waals surface area contributed by atoms with Crippen LogP contribution in [0.2, 0.25) is 5.02 Å². The van der Waals surface area contributed by atoms with E-state index < -0.39 is 0 Å². The molecule has 1 amide bonds. The lowest BCUT2D eigenvalue weighted by molar-refractivity contribution is -0.119. The fourth-order valence-corrected chi connectivity index (χ4v) is 2.96. The standard InChI is InChI=1S/C19H20ClNO5/c1-11(6-12-4-5-15-18(7-12)26-10-25-15)19(22)21-14-9-16(23-2)13(20)8-17(14)24-3/h4-5,7-9,11H,6,10H2,1-3H3,(H,21,22). The second kappa shape index (κ2) is 7.74. The monoisotopic (exact) mass is 377 g/mol. The zero-order valence-corrected chi connectivity index (χ0v) is 15.6. The van der Waals surface area contributed by atoms with Crippen LogP contribution in [0, 0.1) is 5.92 Å². The van der Waals surface area contributed by atoms with Crippen LogP contribution in [0.5, 0.6) is 23.0 Å². The molecule has 1 heterocycles. The Bertz CT molecular complexity index is 824. The molecule has 0 radical (unpaired) electrons. The second-order valence-corrected chi connectivity index (χ2v) is 6.38. The Kier molecular flexibility index (Phi) is 5.42. The SMILES string of the molecule is COc1cc(NC(=O)C(C)Cc2ccc3c(c2)OCO3)c(OC)cc1Cl. The maximum atomic E-state index is 12.6. The van der Waals surface area contributed by atoms with Crippen molar-refractivity contribution >= 4 is 23.2 Å². The summed E-state index contributed by atoms with van der Waals surface area (Å²) in [6.45, 7) is 2.09. The number of methoxy groups -OCH3 is 2. The summed E-state index contributed by atoms with van der Waals surface area (Å²) in [4.78, 5) is 12.6. The highest BCUT2D eigenvalue weighted by Gasteiger charge is 2.19. The van der Waals surface area contributed by atoms with Gasteiger partial charge in [0.25, 0.3) is 0 Å². The molecule has 3 rings (SSSR count). The zero-order valence-electron chi connectivity index (χ0n) is 14.8. The average Bonchev–Trinajstić information content (AvgIpc) is 3.10. The summed E-state index contributed by atoms with van der Waals surface area (Å²) in [5.41, 5.74) is 1.51. The molecular formula is C19H20ClNO5. The minimum absolute atomic E-state index is 0.134. The van der Waals surface area contributed by atoms with E-state index in [-0.39, 0.29) is 18.6 Å². The maximum absolute atomic E-state index is 12.6. The molecule has 1 N–H and O–H groups in total. The van der Waals surface area contributed by atoms with Crippen LogP contribution in [-0.2, 0) is 11.2 Å². The molecule has 1 aliphatic rings. The first-order valence-electron chi connectivity index (χ1n) is 8.12. The summed E-state index contributed by atoms with van der Waals surface area (Å²) in [7, 11) is 3.03. The molecule has 1 atom stereocenters. The predicted molar refractivity (Wildman–Crippen MR) is 98.6 cm³/mol. The summed E-state index contributed by atoms with van der Waals surface area (Å²) >= 11 is 6.09. The normalized spacial score (nSPS) is 13.2. The van der Waals surface area contributed by atoms with E-state index in [2.05, 4.69) is 5.32 Å². The van der Waals surface area contributed by atoms with Crippen molar-refractivity contribution in [2.24, 2.45) is 5.92 Å². The number of amides is 1. The van der Waals surface area contributed by atoms with Gasteiger partial charge in [-0.1, -0.05) is 24.6 Å². The average molecular weight is 378 g/mol. The van der Waals surface area contributed by atoms with Crippen LogP contribution < -0.4 is 24.3 Å². The number of fused-ring (bicyclic) bond motifs is 1. The highest BCUT2D eigenvalue weighted by Crippen LogP contribution is 2.36. The Hall–Kier alpha value is -2.60.